The average molecular weight is 335 g/mol. The van der Waals surface area contributed by atoms with Gasteiger partial charge in [-0.3, -0.25) is 4.57 Å². The molecule has 3 heterocycles. The molecule has 1 aromatic rings. The van der Waals surface area contributed by atoms with Crippen LogP contribution in [0.2, 0.25) is 0 Å². The number of rotatable bonds is 3. The van der Waals surface area contributed by atoms with E-state index in [1.807, 2.05) is 0 Å². The summed E-state index contributed by atoms with van der Waals surface area (Å²) in [7, 11) is 0. The Bertz CT molecular complexity index is 594. The Morgan fingerprint density at radius 2 is 2.33 bits per heavy atom. The minimum absolute atomic E-state index is 0.152. The summed E-state index contributed by atoms with van der Waals surface area (Å²) in [5.74, 6) is -0.261. The van der Waals surface area contributed by atoms with E-state index >= 15 is 0 Å². The van der Waals surface area contributed by atoms with Crippen molar-refractivity contribution in [3.05, 3.63) is 22.0 Å². The van der Waals surface area contributed by atoms with E-state index in [9.17, 15) is 9.18 Å². The normalized spacial score (nSPS) is 29.1. The van der Waals surface area contributed by atoms with Crippen LogP contribution in [0, 0.1) is 5.82 Å². The lowest BCUT2D eigenvalue weighted by Gasteiger charge is -2.21. The molecule has 2 saturated heterocycles. The quantitative estimate of drug-likeness (QED) is 0.814. The van der Waals surface area contributed by atoms with E-state index in [0.29, 0.717) is 18.3 Å². The lowest BCUT2D eigenvalue weighted by atomic mass is 10.2. The van der Waals surface area contributed by atoms with Crippen LogP contribution in [0.3, 0.4) is 0 Å². The molecule has 0 saturated carbocycles. The lowest BCUT2D eigenvalue weighted by Crippen LogP contribution is -2.34. The van der Waals surface area contributed by atoms with Crippen molar-refractivity contribution in [2.45, 2.75) is 16.9 Å². The number of anilines is 1. The molecule has 7 nitrogen and oxygen atoms in total. The topological polar surface area (TPSA) is 99.6 Å². The van der Waals surface area contributed by atoms with Gasteiger partial charge in [0, 0.05) is 5.75 Å². The maximum absolute atomic E-state index is 14.4. The van der Waals surface area contributed by atoms with Crippen LogP contribution in [-0.4, -0.2) is 45.0 Å². The Morgan fingerprint density at radius 3 is 2.95 bits per heavy atom. The van der Waals surface area contributed by atoms with E-state index in [2.05, 4.69) is 4.98 Å². The molecule has 0 aliphatic carbocycles. The van der Waals surface area contributed by atoms with E-state index < -0.39 is 29.0 Å². The van der Waals surface area contributed by atoms with Crippen LogP contribution in [0.25, 0.3) is 0 Å². The summed E-state index contributed by atoms with van der Waals surface area (Å²) >= 11 is 2.75. The van der Waals surface area contributed by atoms with Crippen molar-refractivity contribution in [2.24, 2.45) is 0 Å². The number of nitrogens with zero attached hydrogens (tertiary/aromatic N) is 2. The number of hydrogen-bond donors (Lipinski definition) is 2. The monoisotopic (exact) mass is 335 g/mol. The van der Waals surface area contributed by atoms with Crippen LogP contribution in [-0.2, 0) is 9.47 Å². The molecule has 1 aromatic heterocycles. The third-order valence-corrected chi connectivity index (χ3v) is 5.40. The van der Waals surface area contributed by atoms with Gasteiger partial charge >= 0.3 is 5.69 Å². The Morgan fingerprint density at radius 1 is 1.52 bits per heavy atom. The van der Waals surface area contributed by atoms with Gasteiger partial charge in [0.25, 0.3) is 0 Å². The van der Waals surface area contributed by atoms with Gasteiger partial charge in [-0.05, 0) is 0 Å². The summed E-state index contributed by atoms with van der Waals surface area (Å²) in [6.07, 6.45) is -0.668. The molecule has 0 spiro atoms. The Hall–Kier alpha value is -0.810. The Kier molecular flexibility index (Phi) is 4.41. The average Bonchev–Trinajstić information content (AvgIpc) is 3.13. The summed E-state index contributed by atoms with van der Waals surface area (Å²) in [6.45, 7) is 0.130. The van der Waals surface area contributed by atoms with Crippen molar-refractivity contribution in [1.82, 2.24) is 9.55 Å². The van der Waals surface area contributed by atoms with Crippen LogP contribution >= 0.6 is 23.5 Å². The van der Waals surface area contributed by atoms with Crippen molar-refractivity contribution in [3.63, 3.8) is 0 Å². The fraction of sp³-hybridized carbons (Fsp3) is 0.636. The number of aliphatic hydroxyl groups is 1. The molecule has 21 heavy (non-hydrogen) atoms. The van der Waals surface area contributed by atoms with Gasteiger partial charge in [-0.1, -0.05) is 0 Å². The summed E-state index contributed by atoms with van der Waals surface area (Å²) in [5.41, 5.74) is 4.55. The zero-order chi connectivity index (χ0) is 15.0. The van der Waals surface area contributed by atoms with Crippen molar-refractivity contribution in [1.29, 1.82) is 0 Å². The highest BCUT2D eigenvalue weighted by molar-refractivity contribution is 8.00. The predicted octanol–water partition coefficient (Wildman–Crippen LogP) is 0.307. The van der Waals surface area contributed by atoms with Crippen molar-refractivity contribution in [3.8, 4) is 0 Å². The highest BCUT2D eigenvalue weighted by Gasteiger charge is 2.34. The van der Waals surface area contributed by atoms with Gasteiger partial charge < -0.3 is 20.3 Å². The Labute approximate surface area is 128 Å². The van der Waals surface area contributed by atoms with Crippen LogP contribution in [0.1, 0.15) is 17.2 Å². The van der Waals surface area contributed by atoms with Crippen molar-refractivity contribution in [2.75, 3.05) is 30.6 Å². The highest BCUT2D eigenvalue weighted by Crippen LogP contribution is 2.39. The van der Waals surface area contributed by atoms with Gasteiger partial charge in [0.2, 0.25) is 0 Å². The number of aliphatic hydroxyl groups excluding tert-OH is 1. The molecule has 2 aliphatic heterocycles. The second kappa shape index (κ2) is 6.13. The van der Waals surface area contributed by atoms with Crippen LogP contribution < -0.4 is 11.4 Å². The van der Waals surface area contributed by atoms with E-state index in [1.54, 1.807) is 0 Å². The van der Waals surface area contributed by atoms with Crippen LogP contribution in [0.5, 0.6) is 0 Å². The number of aromatic nitrogens is 2. The first-order chi connectivity index (χ1) is 10.1. The zero-order valence-electron chi connectivity index (χ0n) is 10.9. The fourth-order valence-corrected chi connectivity index (χ4v) is 4.13. The maximum atomic E-state index is 14.4. The van der Waals surface area contributed by atoms with E-state index in [-0.39, 0.29) is 17.6 Å². The van der Waals surface area contributed by atoms with Crippen molar-refractivity contribution < 1.29 is 19.0 Å². The van der Waals surface area contributed by atoms with Gasteiger partial charge in [0.05, 0.1) is 30.1 Å². The molecule has 10 heteroatoms. The largest absolute Gasteiger partial charge is 0.393 e. The first kappa shape index (κ1) is 15.1. The van der Waals surface area contributed by atoms with Crippen LogP contribution in [0.15, 0.2) is 4.79 Å². The number of nitrogen functional groups attached to an aromatic ring is 1. The number of nitrogens with two attached hydrogens (primary N) is 1. The number of ether oxygens (including phenoxy) is 2. The third-order valence-electron chi connectivity index (χ3n) is 3.23. The minimum Gasteiger partial charge on any atom is -0.393 e. The standard InChI is InChI=1S/C11H14FN3O4S2/c12-8-9(5-2-18-4-21-5)15(11(17)14-10(8)13)6-3-20-7(1-16)19-6/h5-7,16H,1-4H2,(H2,13,14,17). The van der Waals surface area contributed by atoms with Crippen LogP contribution in [0.4, 0.5) is 10.2 Å². The molecule has 3 atom stereocenters. The van der Waals surface area contributed by atoms with Crippen molar-refractivity contribution >= 4 is 29.3 Å². The van der Waals surface area contributed by atoms with Gasteiger partial charge in [-0.25, -0.2) is 9.18 Å². The molecule has 3 N–H and O–H groups in total. The smallest absolute Gasteiger partial charge is 0.352 e. The first-order valence-electron chi connectivity index (χ1n) is 6.26. The second-order valence-corrected chi connectivity index (χ2v) is 6.86. The molecular formula is C11H14FN3O4S2. The zero-order valence-corrected chi connectivity index (χ0v) is 12.5. The summed E-state index contributed by atoms with van der Waals surface area (Å²) < 4.78 is 26.4. The predicted molar refractivity (Wildman–Crippen MR) is 77.5 cm³/mol. The summed E-state index contributed by atoms with van der Waals surface area (Å²) in [6, 6.07) is 0. The molecule has 2 fully saturated rings. The van der Waals surface area contributed by atoms with E-state index in [1.165, 1.54) is 28.1 Å². The number of hydrogen-bond acceptors (Lipinski definition) is 8. The van der Waals surface area contributed by atoms with Gasteiger partial charge in [0.15, 0.2) is 11.6 Å². The highest BCUT2D eigenvalue weighted by atomic mass is 32.2. The van der Waals surface area contributed by atoms with E-state index in [0.717, 1.165) is 0 Å². The molecule has 2 aliphatic rings. The minimum atomic E-state index is -0.710. The first-order valence-corrected chi connectivity index (χ1v) is 8.36. The summed E-state index contributed by atoms with van der Waals surface area (Å²) in [4.78, 5) is 15.7. The number of halogens is 1. The van der Waals surface area contributed by atoms with Gasteiger partial charge in [-0.15, -0.1) is 23.5 Å². The SMILES string of the molecule is Nc1nc(=O)n(C2CSC(CO)O2)c(C2COCS2)c1F. The Balaban J connectivity index is 2.06. The molecule has 3 rings (SSSR count). The molecule has 116 valence electrons. The molecule has 3 unspecified atom stereocenters. The number of thioether (sulfide) groups is 2. The van der Waals surface area contributed by atoms with Gasteiger partial charge in [0.1, 0.15) is 11.7 Å². The molecular weight excluding hydrogens is 321 g/mol. The fourth-order valence-electron chi connectivity index (χ4n) is 2.29. The molecule has 0 amide bonds. The summed E-state index contributed by atoms with van der Waals surface area (Å²) in [5, 5.41) is 8.78. The lowest BCUT2D eigenvalue weighted by molar-refractivity contribution is -0.00870. The van der Waals surface area contributed by atoms with Gasteiger partial charge in [-0.2, -0.15) is 4.98 Å². The third kappa shape index (κ3) is 2.78. The molecule has 0 aromatic carbocycles. The molecule has 0 radical (unpaired) electrons. The second-order valence-electron chi connectivity index (χ2n) is 4.53. The molecule has 0 bridgehead atoms. The van der Waals surface area contributed by atoms with E-state index in [4.69, 9.17) is 20.3 Å². The maximum Gasteiger partial charge on any atom is 0.352 e.